The maximum atomic E-state index is 12.6. The van der Waals surface area contributed by atoms with E-state index in [9.17, 15) is 13.2 Å². The van der Waals surface area contributed by atoms with Crippen LogP contribution in [0.15, 0.2) is 18.2 Å². The minimum Gasteiger partial charge on any atom is -0.360 e. The summed E-state index contributed by atoms with van der Waals surface area (Å²) in [7, 11) is 1.72. The molecular formula is C13H20F3N3. The van der Waals surface area contributed by atoms with Crippen molar-refractivity contribution in [3.05, 3.63) is 23.9 Å². The lowest BCUT2D eigenvalue weighted by atomic mass is 10.0. The Bertz CT molecular complexity index is 404. The monoisotopic (exact) mass is 275 g/mol. The zero-order valence-corrected chi connectivity index (χ0v) is 11.4. The van der Waals surface area contributed by atoms with E-state index in [0.717, 1.165) is 6.07 Å². The van der Waals surface area contributed by atoms with Gasteiger partial charge in [-0.3, -0.25) is 0 Å². The zero-order chi connectivity index (χ0) is 14.6. The molecule has 1 aromatic heterocycles. The first-order valence-corrected chi connectivity index (χ1v) is 6.22. The average Bonchev–Trinajstić information content (AvgIpc) is 2.34. The molecule has 1 aromatic rings. The van der Waals surface area contributed by atoms with Gasteiger partial charge in [0.2, 0.25) is 0 Å². The van der Waals surface area contributed by atoms with Gasteiger partial charge in [-0.2, -0.15) is 13.2 Å². The Balaban J connectivity index is 2.70. The van der Waals surface area contributed by atoms with Crippen molar-refractivity contribution < 1.29 is 13.2 Å². The summed E-state index contributed by atoms with van der Waals surface area (Å²) in [5.74, 6) is 0.661. The fraction of sp³-hybridized carbons (Fsp3) is 0.615. The molecule has 1 atom stereocenters. The number of alkyl halides is 3. The lowest BCUT2D eigenvalue weighted by Gasteiger charge is -2.22. The molecule has 0 radical (unpaired) electrons. The molecule has 0 aliphatic rings. The van der Waals surface area contributed by atoms with Crippen molar-refractivity contribution >= 4 is 5.82 Å². The molecule has 0 aromatic carbocycles. The average molecular weight is 275 g/mol. The molecule has 3 nitrogen and oxygen atoms in total. The van der Waals surface area contributed by atoms with E-state index >= 15 is 0 Å². The van der Waals surface area contributed by atoms with Gasteiger partial charge < -0.3 is 10.6 Å². The highest BCUT2D eigenvalue weighted by Gasteiger charge is 2.32. The first kappa shape index (κ1) is 15.8. The lowest BCUT2D eigenvalue weighted by molar-refractivity contribution is -0.141. The van der Waals surface area contributed by atoms with Crippen LogP contribution in [-0.4, -0.2) is 24.6 Å². The fourth-order valence-electron chi connectivity index (χ4n) is 1.58. The van der Waals surface area contributed by atoms with E-state index in [0.29, 0.717) is 24.7 Å². The Morgan fingerprint density at radius 2 is 1.95 bits per heavy atom. The van der Waals surface area contributed by atoms with E-state index in [1.165, 1.54) is 6.07 Å². The molecule has 0 bridgehead atoms. The summed E-state index contributed by atoms with van der Waals surface area (Å²) < 4.78 is 37.7. The zero-order valence-electron chi connectivity index (χ0n) is 11.4. The quantitative estimate of drug-likeness (QED) is 0.898. The van der Waals surface area contributed by atoms with Gasteiger partial charge in [0.15, 0.2) is 0 Å². The standard InChI is InChI=1S/C13H20F3N3/c1-9(2)10(17)7-8-19(3)12-6-4-5-11(18-12)13(14,15)16/h4-6,9-10H,7-8,17H2,1-3H3. The summed E-state index contributed by atoms with van der Waals surface area (Å²) in [6, 6.07) is 3.94. The molecule has 6 heteroatoms. The number of hydrogen-bond acceptors (Lipinski definition) is 3. The first-order valence-electron chi connectivity index (χ1n) is 6.22. The van der Waals surface area contributed by atoms with Crippen LogP contribution in [0, 0.1) is 5.92 Å². The second kappa shape index (κ2) is 6.23. The number of pyridine rings is 1. The van der Waals surface area contributed by atoms with Crippen molar-refractivity contribution in [2.24, 2.45) is 11.7 Å². The lowest BCUT2D eigenvalue weighted by Crippen LogP contribution is -2.32. The third kappa shape index (κ3) is 4.70. The molecular weight excluding hydrogens is 255 g/mol. The molecule has 1 heterocycles. The Kier molecular flexibility index (Phi) is 5.17. The molecule has 0 saturated heterocycles. The van der Waals surface area contributed by atoms with Gasteiger partial charge in [-0.05, 0) is 24.5 Å². The van der Waals surface area contributed by atoms with Crippen molar-refractivity contribution in [2.75, 3.05) is 18.5 Å². The van der Waals surface area contributed by atoms with Gasteiger partial charge in [0.05, 0.1) is 0 Å². The van der Waals surface area contributed by atoms with Crippen LogP contribution in [0.4, 0.5) is 19.0 Å². The summed E-state index contributed by atoms with van der Waals surface area (Å²) in [6.07, 6.45) is -3.70. The summed E-state index contributed by atoms with van der Waals surface area (Å²) in [5.41, 5.74) is 5.04. The maximum absolute atomic E-state index is 12.6. The van der Waals surface area contributed by atoms with Crippen LogP contribution < -0.4 is 10.6 Å². The number of hydrogen-bond donors (Lipinski definition) is 1. The highest BCUT2D eigenvalue weighted by atomic mass is 19.4. The van der Waals surface area contributed by atoms with E-state index in [4.69, 9.17) is 5.73 Å². The fourth-order valence-corrected chi connectivity index (χ4v) is 1.58. The molecule has 0 fully saturated rings. The van der Waals surface area contributed by atoms with Crippen molar-refractivity contribution in [3.8, 4) is 0 Å². The largest absolute Gasteiger partial charge is 0.433 e. The summed E-state index contributed by atoms with van der Waals surface area (Å²) in [4.78, 5) is 5.32. The summed E-state index contributed by atoms with van der Waals surface area (Å²) >= 11 is 0. The van der Waals surface area contributed by atoms with E-state index in [1.54, 1.807) is 18.0 Å². The van der Waals surface area contributed by atoms with Crippen LogP contribution in [0.3, 0.4) is 0 Å². The molecule has 0 aliphatic carbocycles. The molecule has 2 N–H and O–H groups in total. The molecule has 1 unspecified atom stereocenters. The molecule has 19 heavy (non-hydrogen) atoms. The van der Waals surface area contributed by atoms with E-state index < -0.39 is 11.9 Å². The number of anilines is 1. The number of rotatable bonds is 5. The highest BCUT2D eigenvalue weighted by molar-refractivity contribution is 5.38. The minimum atomic E-state index is -4.41. The molecule has 0 amide bonds. The van der Waals surface area contributed by atoms with Crippen LogP contribution in [0.25, 0.3) is 0 Å². The van der Waals surface area contributed by atoms with E-state index in [1.807, 2.05) is 13.8 Å². The van der Waals surface area contributed by atoms with Gasteiger partial charge in [-0.1, -0.05) is 19.9 Å². The van der Waals surface area contributed by atoms with Gasteiger partial charge in [0, 0.05) is 19.6 Å². The number of aromatic nitrogens is 1. The Morgan fingerprint density at radius 3 is 2.47 bits per heavy atom. The predicted molar refractivity (Wildman–Crippen MR) is 69.9 cm³/mol. The Hall–Kier alpha value is -1.30. The minimum absolute atomic E-state index is 0.0354. The van der Waals surface area contributed by atoms with Gasteiger partial charge in [-0.25, -0.2) is 4.98 Å². The van der Waals surface area contributed by atoms with Crippen LogP contribution in [0.5, 0.6) is 0 Å². The Morgan fingerprint density at radius 1 is 1.32 bits per heavy atom. The smallest absolute Gasteiger partial charge is 0.360 e. The van der Waals surface area contributed by atoms with Crippen molar-refractivity contribution in [2.45, 2.75) is 32.5 Å². The van der Waals surface area contributed by atoms with Crippen LogP contribution in [-0.2, 0) is 6.18 Å². The molecule has 108 valence electrons. The Labute approximate surface area is 111 Å². The van der Waals surface area contributed by atoms with Crippen LogP contribution in [0.2, 0.25) is 0 Å². The van der Waals surface area contributed by atoms with Gasteiger partial charge in [-0.15, -0.1) is 0 Å². The molecule has 0 saturated carbocycles. The predicted octanol–water partition coefficient (Wildman–Crippen LogP) is 2.91. The second-order valence-electron chi connectivity index (χ2n) is 5.00. The number of nitrogens with zero attached hydrogens (tertiary/aromatic N) is 2. The van der Waals surface area contributed by atoms with Gasteiger partial charge in [0.25, 0.3) is 0 Å². The second-order valence-corrected chi connectivity index (χ2v) is 5.00. The summed E-state index contributed by atoms with van der Waals surface area (Å²) in [6.45, 7) is 4.62. The third-order valence-corrected chi connectivity index (χ3v) is 3.07. The van der Waals surface area contributed by atoms with Crippen LogP contribution in [0.1, 0.15) is 26.0 Å². The van der Waals surface area contributed by atoms with Gasteiger partial charge in [0.1, 0.15) is 11.5 Å². The maximum Gasteiger partial charge on any atom is 0.433 e. The van der Waals surface area contributed by atoms with Crippen molar-refractivity contribution in [1.82, 2.24) is 4.98 Å². The van der Waals surface area contributed by atoms with Crippen LogP contribution >= 0.6 is 0 Å². The SMILES string of the molecule is CC(C)C(N)CCN(C)c1cccc(C(F)(F)F)n1. The third-order valence-electron chi connectivity index (χ3n) is 3.07. The van der Waals surface area contributed by atoms with Gasteiger partial charge >= 0.3 is 6.18 Å². The van der Waals surface area contributed by atoms with Crippen molar-refractivity contribution in [1.29, 1.82) is 0 Å². The van der Waals surface area contributed by atoms with E-state index in [-0.39, 0.29) is 6.04 Å². The molecule has 1 rings (SSSR count). The van der Waals surface area contributed by atoms with Crippen molar-refractivity contribution in [3.63, 3.8) is 0 Å². The molecule has 0 aliphatic heterocycles. The normalized spacial score (nSPS) is 13.7. The number of halogens is 3. The number of nitrogens with two attached hydrogens (primary N) is 1. The highest BCUT2D eigenvalue weighted by Crippen LogP contribution is 2.28. The van der Waals surface area contributed by atoms with E-state index in [2.05, 4.69) is 4.98 Å². The molecule has 0 spiro atoms. The topological polar surface area (TPSA) is 42.1 Å². The summed E-state index contributed by atoms with van der Waals surface area (Å²) in [5, 5.41) is 0. The first-order chi connectivity index (χ1) is 8.71.